The molecule has 0 saturated carbocycles. The van der Waals surface area contributed by atoms with Crippen molar-refractivity contribution in [2.24, 2.45) is 0 Å². The Hall–Kier alpha value is -3.07. The molecule has 3 rings (SSSR count). The number of carbonyl (C=O) groups is 1. The van der Waals surface area contributed by atoms with Crippen LogP contribution in [0, 0.1) is 0 Å². The van der Waals surface area contributed by atoms with Crippen LogP contribution in [0.15, 0.2) is 78.9 Å². The highest BCUT2D eigenvalue weighted by atomic mass is 16.1. The van der Waals surface area contributed by atoms with Crippen LogP contribution in [0.5, 0.6) is 0 Å². The van der Waals surface area contributed by atoms with E-state index >= 15 is 0 Å². The van der Waals surface area contributed by atoms with Crippen LogP contribution in [0.1, 0.15) is 15.9 Å². The molecule has 0 bridgehead atoms. The van der Waals surface area contributed by atoms with Crippen LogP contribution in [0.2, 0.25) is 0 Å². The zero-order valence-corrected chi connectivity index (χ0v) is 12.9. The number of benzene rings is 3. The fraction of sp³-hybridized carbons (Fsp3) is 0.0500. The number of ketones is 1. The highest BCUT2D eigenvalue weighted by molar-refractivity contribution is 6.09. The van der Waals surface area contributed by atoms with Gasteiger partial charge in [-0.1, -0.05) is 18.2 Å². The fourth-order valence-electron chi connectivity index (χ4n) is 2.35. The lowest BCUT2D eigenvalue weighted by molar-refractivity contribution is 0.103. The molecule has 3 aromatic carbocycles. The maximum Gasteiger partial charge on any atom is 0.193 e. The van der Waals surface area contributed by atoms with Gasteiger partial charge < -0.3 is 10.6 Å². The first kappa shape index (κ1) is 14.9. The molecule has 0 heterocycles. The molecule has 3 heteroatoms. The lowest BCUT2D eigenvalue weighted by atomic mass is 10.0. The summed E-state index contributed by atoms with van der Waals surface area (Å²) in [4.78, 5) is 12.5. The average molecular weight is 302 g/mol. The normalized spacial score (nSPS) is 10.1. The molecule has 0 unspecified atom stereocenters. The Morgan fingerprint density at radius 1 is 0.652 bits per heavy atom. The Kier molecular flexibility index (Phi) is 4.39. The molecule has 114 valence electrons. The van der Waals surface area contributed by atoms with E-state index in [1.54, 1.807) is 0 Å². The number of hydrogen-bond acceptors (Lipinski definition) is 3. The highest BCUT2D eigenvalue weighted by Crippen LogP contribution is 2.19. The molecule has 2 N–H and O–H groups in total. The molecule has 0 atom stereocenters. The van der Waals surface area contributed by atoms with Crippen molar-refractivity contribution in [1.29, 1.82) is 0 Å². The van der Waals surface area contributed by atoms with Gasteiger partial charge in [0.05, 0.1) is 0 Å². The molecular weight excluding hydrogens is 284 g/mol. The zero-order valence-electron chi connectivity index (χ0n) is 12.9. The Morgan fingerprint density at radius 2 is 1.13 bits per heavy atom. The molecule has 0 aliphatic carbocycles. The molecule has 0 radical (unpaired) electrons. The molecule has 0 aliphatic heterocycles. The number of hydrogen-bond donors (Lipinski definition) is 2. The Morgan fingerprint density at radius 3 is 1.65 bits per heavy atom. The van der Waals surface area contributed by atoms with Gasteiger partial charge in [-0.2, -0.15) is 0 Å². The summed E-state index contributed by atoms with van der Waals surface area (Å²) in [5.74, 6) is 0.0268. The number of anilines is 3. The molecule has 3 nitrogen and oxygen atoms in total. The second kappa shape index (κ2) is 6.79. The van der Waals surface area contributed by atoms with E-state index in [0.717, 1.165) is 17.1 Å². The Bertz CT molecular complexity index is 778. The molecule has 0 saturated heterocycles. The summed E-state index contributed by atoms with van der Waals surface area (Å²) in [6.45, 7) is 0. The SMILES string of the molecule is CNc1ccc(C(=O)c2ccc(Nc3ccccc3)cc2)cc1. The van der Waals surface area contributed by atoms with Crippen molar-refractivity contribution in [2.45, 2.75) is 0 Å². The maximum absolute atomic E-state index is 12.5. The predicted molar refractivity (Wildman–Crippen MR) is 95.6 cm³/mol. The number of para-hydroxylation sites is 1. The van der Waals surface area contributed by atoms with Crippen LogP contribution >= 0.6 is 0 Å². The van der Waals surface area contributed by atoms with Crippen molar-refractivity contribution in [2.75, 3.05) is 17.7 Å². The average Bonchev–Trinajstić information content (AvgIpc) is 2.63. The van der Waals surface area contributed by atoms with E-state index in [1.165, 1.54) is 0 Å². The molecule has 0 aliphatic rings. The van der Waals surface area contributed by atoms with E-state index < -0.39 is 0 Å². The smallest absolute Gasteiger partial charge is 0.193 e. The summed E-state index contributed by atoms with van der Waals surface area (Å²) >= 11 is 0. The minimum absolute atomic E-state index is 0.0268. The zero-order chi connectivity index (χ0) is 16.1. The van der Waals surface area contributed by atoms with Crippen LogP contribution in [0.4, 0.5) is 17.1 Å². The van der Waals surface area contributed by atoms with Gasteiger partial charge in [0.2, 0.25) is 0 Å². The third kappa shape index (κ3) is 3.58. The largest absolute Gasteiger partial charge is 0.388 e. The van der Waals surface area contributed by atoms with Gasteiger partial charge in [-0.05, 0) is 60.7 Å². The van der Waals surface area contributed by atoms with E-state index in [1.807, 2.05) is 85.9 Å². The quantitative estimate of drug-likeness (QED) is 0.671. The van der Waals surface area contributed by atoms with Crippen molar-refractivity contribution in [1.82, 2.24) is 0 Å². The first-order valence-corrected chi connectivity index (χ1v) is 7.51. The van der Waals surface area contributed by atoms with Gasteiger partial charge in [-0.15, -0.1) is 0 Å². The minimum Gasteiger partial charge on any atom is -0.388 e. The molecule has 3 aromatic rings. The molecule has 0 aromatic heterocycles. The van der Waals surface area contributed by atoms with Crippen LogP contribution in [0.3, 0.4) is 0 Å². The van der Waals surface area contributed by atoms with Gasteiger partial charge in [0.1, 0.15) is 0 Å². The lowest BCUT2D eigenvalue weighted by Crippen LogP contribution is -2.01. The van der Waals surface area contributed by atoms with Gasteiger partial charge in [0.15, 0.2) is 5.78 Å². The van der Waals surface area contributed by atoms with Crippen molar-refractivity contribution < 1.29 is 4.79 Å². The second-order valence-electron chi connectivity index (χ2n) is 5.22. The summed E-state index contributed by atoms with van der Waals surface area (Å²) in [7, 11) is 1.86. The molecule has 0 spiro atoms. The van der Waals surface area contributed by atoms with Gasteiger partial charge in [-0.25, -0.2) is 0 Å². The van der Waals surface area contributed by atoms with Gasteiger partial charge in [0, 0.05) is 35.2 Å². The number of rotatable bonds is 5. The maximum atomic E-state index is 12.5. The van der Waals surface area contributed by atoms with E-state index in [-0.39, 0.29) is 5.78 Å². The molecule has 0 amide bonds. The summed E-state index contributed by atoms with van der Waals surface area (Å²) < 4.78 is 0. The van der Waals surface area contributed by atoms with Gasteiger partial charge in [-0.3, -0.25) is 4.79 Å². The van der Waals surface area contributed by atoms with Crippen molar-refractivity contribution in [3.8, 4) is 0 Å². The highest BCUT2D eigenvalue weighted by Gasteiger charge is 2.08. The predicted octanol–water partition coefficient (Wildman–Crippen LogP) is 4.70. The van der Waals surface area contributed by atoms with Crippen molar-refractivity contribution in [3.05, 3.63) is 90.0 Å². The van der Waals surface area contributed by atoms with Gasteiger partial charge >= 0.3 is 0 Å². The van der Waals surface area contributed by atoms with Crippen LogP contribution in [-0.2, 0) is 0 Å². The van der Waals surface area contributed by atoms with Crippen molar-refractivity contribution in [3.63, 3.8) is 0 Å². The standard InChI is InChI=1S/C20H18N2O/c1-21-17-11-7-15(8-12-17)20(23)16-9-13-19(14-10-16)22-18-5-3-2-4-6-18/h2-14,21-22H,1H3. The van der Waals surface area contributed by atoms with E-state index in [4.69, 9.17) is 0 Å². The Balaban J connectivity index is 1.74. The molecular formula is C20H18N2O. The van der Waals surface area contributed by atoms with Crippen LogP contribution in [-0.4, -0.2) is 12.8 Å². The minimum atomic E-state index is 0.0268. The summed E-state index contributed by atoms with van der Waals surface area (Å²) in [5, 5.41) is 6.35. The van der Waals surface area contributed by atoms with Crippen LogP contribution in [0.25, 0.3) is 0 Å². The first-order chi connectivity index (χ1) is 11.3. The lowest BCUT2D eigenvalue weighted by Gasteiger charge is -2.07. The summed E-state index contributed by atoms with van der Waals surface area (Å²) in [5.41, 5.74) is 4.34. The number of nitrogens with one attached hydrogen (secondary N) is 2. The first-order valence-electron chi connectivity index (χ1n) is 7.51. The second-order valence-corrected chi connectivity index (χ2v) is 5.22. The number of carbonyl (C=O) groups excluding carboxylic acids is 1. The molecule has 0 fully saturated rings. The Labute approximate surface area is 136 Å². The third-order valence-corrected chi connectivity index (χ3v) is 3.65. The van der Waals surface area contributed by atoms with E-state index in [2.05, 4.69) is 10.6 Å². The summed E-state index contributed by atoms with van der Waals surface area (Å²) in [6, 6.07) is 25.0. The van der Waals surface area contributed by atoms with Crippen molar-refractivity contribution >= 4 is 22.8 Å². The van der Waals surface area contributed by atoms with E-state index in [9.17, 15) is 4.79 Å². The topological polar surface area (TPSA) is 41.1 Å². The summed E-state index contributed by atoms with van der Waals surface area (Å²) in [6.07, 6.45) is 0. The van der Waals surface area contributed by atoms with E-state index in [0.29, 0.717) is 11.1 Å². The van der Waals surface area contributed by atoms with Gasteiger partial charge in [0.25, 0.3) is 0 Å². The van der Waals surface area contributed by atoms with Crippen LogP contribution < -0.4 is 10.6 Å². The fourth-order valence-corrected chi connectivity index (χ4v) is 2.35. The molecule has 23 heavy (non-hydrogen) atoms. The monoisotopic (exact) mass is 302 g/mol. The third-order valence-electron chi connectivity index (χ3n) is 3.65.